The number of aromatic nitrogens is 1. The molecule has 3 rings (SSSR count). The van der Waals surface area contributed by atoms with E-state index in [1.165, 1.54) is 19.1 Å². The second-order valence-electron chi connectivity index (χ2n) is 5.48. The lowest BCUT2D eigenvalue weighted by molar-refractivity contribution is -0.138. The number of carbonyl (C=O) groups is 1. The molecular weight excluding hydrogens is 335 g/mol. The number of fused-ring (bicyclic) bond motifs is 1. The third-order valence-electron chi connectivity index (χ3n) is 3.81. The Morgan fingerprint density at radius 2 is 2.12 bits per heavy atom. The van der Waals surface area contributed by atoms with Crippen LogP contribution in [0, 0.1) is 12.7 Å². The number of aryl methyl sites for hydroxylation is 1. The van der Waals surface area contributed by atoms with Crippen LogP contribution in [0.2, 0.25) is 5.02 Å². The maximum Gasteiger partial charge on any atom is 0.310 e. The molecule has 7 heteroatoms. The Balaban J connectivity index is 2.01. The molecule has 1 atom stereocenters. The Labute approximate surface area is 142 Å². The van der Waals surface area contributed by atoms with Crippen molar-refractivity contribution >= 4 is 40.4 Å². The summed E-state index contributed by atoms with van der Waals surface area (Å²) in [6.07, 6.45) is 0. The zero-order valence-electron chi connectivity index (χ0n) is 12.9. The quantitative estimate of drug-likeness (QED) is 0.704. The molecule has 0 radical (unpaired) electrons. The van der Waals surface area contributed by atoms with Gasteiger partial charge in [0.1, 0.15) is 5.52 Å². The predicted octanol–water partition coefficient (Wildman–Crippen LogP) is 4.86. The number of oxazole rings is 1. The van der Waals surface area contributed by atoms with Gasteiger partial charge in [-0.1, -0.05) is 23.7 Å². The normalized spacial score (nSPS) is 12.3. The minimum Gasteiger partial charge on any atom is -0.481 e. The van der Waals surface area contributed by atoms with Crippen molar-refractivity contribution in [3.63, 3.8) is 0 Å². The van der Waals surface area contributed by atoms with Crippen molar-refractivity contribution in [2.45, 2.75) is 19.8 Å². The van der Waals surface area contributed by atoms with Gasteiger partial charge in [-0.2, -0.15) is 4.98 Å². The van der Waals surface area contributed by atoms with Gasteiger partial charge in [0.25, 0.3) is 6.01 Å². The highest BCUT2D eigenvalue weighted by atomic mass is 35.5. The Kier molecular flexibility index (Phi) is 4.15. The molecule has 0 fully saturated rings. The topological polar surface area (TPSA) is 75.4 Å². The average Bonchev–Trinajstić information content (AvgIpc) is 2.94. The maximum atomic E-state index is 14.5. The lowest BCUT2D eigenvalue weighted by Gasteiger charge is -2.07. The predicted molar refractivity (Wildman–Crippen MR) is 89.5 cm³/mol. The lowest BCUT2D eigenvalue weighted by atomic mass is 10.0. The van der Waals surface area contributed by atoms with E-state index in [1.807, 2.05) is 13.0 Å². The number of hydrogen-bond acceptors (Lipinski definition) is 4. The number of aliphatic carboxylic acids is 1. The molecule has 2 N–H and O–H groups in total. The van der Waals surface area contributed by atoms with E-state index in [1.54, 1.807) is 12.1 Å². The molecule has 0 aliphatic carbocycles. The molecule has 0 saturated carbocycles. The molecule has 2 aromatic carbocycles. The first kappa shape index (κ1) is 16.3. The molecule has 124 valence electrons. The van der Waals surface area contributed by atoms with E-state index in [0.29, 0.717) is 16.2 Å². The number of nitrogens with one attached hydrogen (secondary N) is 1. The smallest absolute Gasteiger partial charge is 0.310 e. The number of benzene rings is 2. The average molecular weight is 349 g/mol. The molecule has 1 aromatic heterocycles. The molecule has 1 heterocycles. The second kappa shape index (κ2) is 6.13. The second-order valence-corrected chi connectivity index (χ2v) is 5.92. The zero-order valence-corrected chi connectivity index (χ0v) is 13.7. The largest absolute Gasteiger partial charge is 0.481 e. The van der Waals surface area contributed by atoms with Gasteiger partial charge in [0.15, 0.2) is 11.4 Å². The van der Waals surface area contributed by atoms with Crippen LogP contribution in [0.4, 0.5) is 16.1 Å². The van der Waals surface area contributed by atoms with E-state index < -0.39 is 17.7 Å². The summed E-state index contributed by atoms with van der Waals surface area (Å²) in [6, 6.07) is 8.35. The van der Waals surface area contributed by atoms with Gasteiger partial charge in [-0.3, -0.25) is 4.79 Å². The van der Waals surface area contributed by atoms with Crippen LogP contribution in [-0.2, 0) is 4.79 Å². The van der Waals surface area contributed by atoms with E-state index in [-0.39, 0.29) is 17.2 Å². The number of hydrogen-bond donors (Lipinski definition) is 2. The van der Waals surface area contributed by atoms with Crippen molar-refractivity contribution in [1.82, 2.24) is 4.98 Å². The van der Waals surface area contributed by atoms with Crippen LogP contribution in [0.15, 0.2) is 34.7 Å². The summed E-state index contributed by atoms with van der Waals surface area (Å²) in [6.45, 7) is 3.30. The molecule has 0 saturated heterocycles. The Bertz CT molecular complexity index is 939. The monoisotopic (exact) mass is 348 g/mol. The highest BCUT2D eigenvalue weighted by Gasteiger charge is 2.22. The van der Waals surface area contributed by atoms with Gasteiger partial charge < -0.3 is 14.8 Å². The Hall–Kier alpha value is -2.60. The van der Waals surface area contributed by atoms with Crippen LogP contribution >= 0.6 is 11.6 Å². The summed E-state index contributed by atoms with van der Waals surface area (Å²) in [5.74, 6) is -2.81. The van der Waals surface area contributed by atoms with Crippen molar-refractivity contribution in [2.24, 2.45) is 0 Å². The van der Waals surface area contributed by atoms with Gasteiger partial charge in [0, 0.05) is 16.3 Å². The molecule has 0 amide bonds. The number of halogens is 2. The minimum atomic E-state index is -1.11. The van der Waals surface area contributed by atoms with E-state index in [2.05, 4.69) is 10.3 Å². The van der Waals surface area contributed by atoms with E-state index >= 15 is 0 Å². The molecule has 3 aromatic rings. The first-order valence-electron chi connectivity index (χ1n) is 7.21. The van der Waals surface area contributed by atoms with Gasteiger partial charge in [-0.05, 0) is 37.6 Å². The molecule has 0 aliphatic rings. The fourth-order valence-corrected chi connectivity index (χ4v) is 2.51. The minimum absolute atomic E-state index is 0.0524. The first-order valence-corrected chi connectivity index (χ1v) is 7.59. The first-order chi connectivity index (χ1) is 11.4. The maximum absolute atomic E-state index is 14.5. The summed E-state index contributed by atoms with van der Waals surface area (Å²) in [5, 5.41) is 12.6. The summed E-state index contributed by atoms with van der Waals surface area (Å²) < 4.78 is 20.0. The fourth-order valence-electron chi connectivity index (χ4n) is 2.34. The van der Waals surface area contributed by atoms with E-state index in [9.17, 15) is 9.18 Å². The third-order valence-corrected chi connectivity index (χ3v) is 4.04. The van der Waals surface area contributed by atoms with Crippen molar-refractivity contribution in [2.75, 3.05) is 5.32 Å². The number of nitrogens with zero attached hydrogens (tertiary/aromatic N) is 1. The van der Waals surface area contributed by atoms with Crippen LogP contribution in [-0.4, -0.2) is 16.1 Å². The lowest BCUT2D eigenvalue weighted by Crippen LogP contribution is -2.09. The van der Waals surface area contributed by atoms with Crippen molar-refractivity contribution in [3.05, 3.63) is 52.3 Å². The Morgan fingerprint density at radius 1 is 1.38 bits per heavy atom. The van der Waals surface area contributed by atoms with Gasteiger partial charge >= 0.3 is 5.97 Å². The van der Waals surface area contributed by atoms with Crippen LogP contribution in [0.5, 0.6) is 0 Å². The van der Waals surface area contributed by atoms with Gasteiger partial charge in [-0.25, -0.2) is 4.39 Å². The van der Waals surface area contributed by atoms with Gasteiger partial charge in [0.2, 0.25) is 0 Å². The van der Waals surface area contributed by atoms with Crippen LogP contribution < -0.4 is 5.32 Å². The van der Waals surface area contributed by atoms with Crippen molar-refractivity contribution in [3.8, 4) is 0 Å². The van der Waals surface area contributed by atoms with E-state index in [4.69, 9.17) is 21.1 Å². The number of rotatable bonds is 4. The van der Waals surface area contributed by atoms with Crippen molar-refractivity contribution in [1.29, 1.82) is 0 Å². The number of anilines is 2. The van der Waals surface area contributed by atoms with E-state index in [0.717, 1.165) is 5.56 Å². The zero-order chi connectivity index (χ0) is 17.4. The molecule has 1 unspecified atom stereocenters. The SMILES string of the molecule is Cc1ccc(Cl)cc1Nc1nc2ccc(C(C)C(=O)O)c(F)c2o1. The summed E-state index contributed by atoms with van der Waals surface area (Å²) in [7, 11) is 0. The van der Waals surface area contributed by atoms with Crippen LogP contribution in [0.25, 0.3) is 11.1 Å². The molecule has 5 nitrogen and oxygen atoms in total. The molecular formula is C17H14ClFN2O3. The number of carboxylic acids is 1. The van der Waals surface area contributed by atoms with Gasteiger partial charge in [0.05, 0.1) is 5.92 Å². The number of carboxylic acid groups (broad SMARTS) is 1. The standard InChI is InChI=1S/C17H14ClFN2O3/c1-8-3-4-10(18)7-13(8)21-17-20-12-6-5-11(9(2)16(22)23)14(19)15(12)24-17/h3-7,9H,1-2H3,(H,20,21)(H,22,23). The highest BCUT2D eigenvalue weighted by Crippen LogP contribution is 2.30. The Morgan fingerprint density at radius 3 is 2.83 bits per heavy atom. The third kappa shape index (κ3) is 2.92. The fraction of sp³-hybridized carbons (Fsp3) is 0.176. The van der Waals surface area contributed by atoms with Gasteiger partial charge in [-0.15, -0.1) is 0 Å². The molecule has 0 aliphatic heterocycles. The summed E-state index contributed by atoms with van der Waals surface area (Å²) in [5.41, 5.74) is 1.88. The van der Waals surface area contributed by atoms with Crippen LogP contribution in [0.1, 0.15) is 24.0 Å². The molecule has 0 spiro atoms. The molecule has 24 heavy (non-hydrogen) atoms. The summed E-state index contributed by atoms with van der Waals surface area (Å²) in [4.78, 5) is 15.2. The van der Waals surface area contributed by atoms with Crippen molar-refractivity contribution < 1.29 is 18.7 Å². The highest BCUT2D eigenvalue weighted by molar-refractivity contribution is 6.30. The molecule has 0 bridgehead atoms. The van der Waals surface area contributed by atoms with Crippen LogP contribution in [0.3, 0.4) is 0 Å². The summed E-state index contributed by atoms with van der Waals surface area (Å²) >= 11 is 5.97.